The Morgan fingerprint density at radius 3 is 2.88 bits per heavy atom. The second-order valence-corrected chi connectivity index (χ2v) is 4.48. The van der Waals surface area contributed by atoms with E-state index in [0.29, 0.717) is 6.04 Å². The summed E-state index contributed by atoms with van der Waals surface area (Å²) in [4.78, 5) is 4.12. The molecule has 92 valence electrons. The maximum absolute atomic E-state index is 5.32. The van der Waals surface area contributed by atoms with Crippen LogP contribution in [0.5, 0.6) is 0 Å². The number of fused-ring (bicyclic) bond motifs is 1. The van der Waals surface area contributed by atoms with Crippen molar-refractivity contribution >= 4 is 11.1 Å². The van der Waals surface area contributed by atoms with Gasteiger partial charge in [0, 0.05) is 18.6 Å². The molecule has 0 saturated heterocycles. The number of benzene rings is 1. The highest BCUT2D eigenvalue weighted by molar-refractivity contribution is 5.72. The molecule has 2 aromatic rings. The van der Waals surface area contributed by atoms with Gasteiger partial charge < -0.3 is 15.1 Å². The highest BCUT2D eigenvalue weighted by Crippen LogP contribution is 2.19. The zero-order valence-corrected chi connectivity index (χ0v) is 10.5. The van der Waals surface area contributed by atoms with Gasteiger partial charge in [0.2, 0.25) is 0 Å². The Hall–Kier alpha value is -1.39. The van der Waals surface area contributed by atoms with Crippen LogP contribution in [-0.2, 0) is 0 Å². The average molecular weight is 233 g/mol. The smallest absolute Gasteiger partial charge is 0.181 e. The maximum Gasteiger partial charge on any atom is 0.181 e. The van der Waals surface area contributed by atoms with Gasteiger partial charge in [0.25, 0.3) is 0 Å². The summed E-state index contributed by atoms with van der Waals surface area (Å²) in [6, 6.07) is 6.90. The standard InChI is InChI=1S/C13H19N3O/c1-9(2)15-7-12(14-3)10-4-5-11-13(6-10)17-8-16-11/h4-6,8-9,12,14-15H,7H2,1-3H3. The van der Waals surface area contributed by atoms with E-state index in [1.165, 1.54) is 12.0 Å². The number of likely N-dealkylation sites (N-methyl/N-ethyl adjacent to an activating group) is 1. The first-order valence-corrected chi connectivity index (χ1v) is 5.94. The van der Waals surface area contributed by atoms with Gasteiger partial charge in [0.1, 0.15) is 5.52 Å². The van der Waals surface area contributed by atoms with Crippen molar-refractivity contribution < 1.29 is 4.42 Å². The first kappa shape index (κ1) is 12.1. The molecule has 2 rings (SSSR count). The van der Waals surface area contributed by atoms with E-state index < -0.39 is 0 Å². The normalized spacial score (nSPS) is 13.4. The molecule has 0 fully saturated rings. The average Bonchev–Trinajstić information content (AvgIpc) is 2.76. The van der Waals surface area contributed by atoms with E-state index in [4.69, 9.17) is 4.42 Å². The molecule has 0 spiro atoms. The van der Waals surface area contributed by atoms with Crippen molar-refractivity contribution in [1.82, 2.24) is 15.6 Å². The van der Waals surface area contributed by atoms with Crippen LogP contribution in [0.1, 0.15) is 25.5 Å². The molecule has 17 heavy (non-hydrogen) atoms. The van der Waals surface area contributed by atoms with Crippen LogP contribution in [0, 0.1) is 0 Å². The fraction of sp³-hybridized carbons (Fsp3) is 0.462. The van der Waals surface area contributed by atoms with Gasteiger partial charge >= 0.3 is 0 Å². The van der Waals surface area contributed by atoms with Crippen LogP contribution >= 0.6 is 0 Å². The monoisotopic (exact) mass is 233 g/mol. The first-order valence-electron chi connectivity index (χ1n) is 5.94. The van der Waals surface area contributed by atoms with E-state index in [2.05, 4.69) is 35.5 Å². The third-order valence-electron chi connectivity index (χ3n) is 2.84. The van der Waals surface area contributed by atoms with Crippen molar-refractivity contribution in [2.75, 3.05) is 13.6 Å². The molecule has 1 heterocycles. The number of rotatable bonds is 5. The Morgan fingerprint density at radius 1 is 1.35 bits per heavy atom. The Balaban J connectivity index is 2.17. The third kappa shape index (κ3) is 2.84. The fourth-order valence-corrected chi connectivity index (χ4v) is 1.83. The van der Waals surface area contributed by atoms with Gasteiger partial charge in [-0.3, -0.25) is 0 Å². The number of nitrogens with zero attached hydrogens (tertiary/aromatic N) is 1. The van der Waals surface area contributed by atoms with Gasteiger partial charge in [-0.2, -0.15) is 0 Å². The molecule has 0 bridgehead atoms. The lowest BCUT2D eigenvalue weighted by Gasteiger charge is -2.18. The van der Waals surface area contributed by atoms with Crippen LogP contribution < -0.4 is 10.6 Å². The SMILES string of the molecule is CNC(CNC(C)C)c1ccc2ncoc2c1. The summed E-state index contributed by atoms with van der Waals surface area (Å²) in [5, 5.41) is 6.73. The van der Waals surface area contributed by atoms with E-state index in [-0.39, 0.29) is 6.04 Å². The second-order valence-electron chi connectivity index (χ2n) is 4.48. The molecule has 1 unspecified atom stereocenters. The van der Waals surface area contributed by atoms with Crippen LogP contribution in [0.15, 0.2) is 29.0 Å². The van der Waals surface area contributed by atoms with Crippen LogP contribution in [0.25, 0.3) is 11.1 Å². The summed E-state index contributed by atoms with van der Waals surface area (Å²) >= 11 is 0. The van der Waals surface area contributed by atoms with Crippen LogP contribution in [0.4, 0.5) is 0 Å². The molecule has 0 aliphatic carbocycles. The zero-order valence-electron chi connectivity index (χ0n) is 10.5. The summed E-state index contributed by atoms with van der Waals surface area (Å²) in [6.07, 6.45) is 1.48. The molecule has 0 saturated carbocycles. The minimum absolute atomic E-state index is 0.284. The van der Waals surface area contributed by atoms with E-state index in [0.717, 1.165) is 17.6 Å². The maximum atomic E-state index is 5.32. The molecule has 1 aromatic heterocycles. The molecular formula is C13H19N3O. The van der Waals surface area contributed by atoms with E-state index >= 15 is 0 Å². The molecule has 0 amide bonds. The van der Waals surface area contributed by atoms with Gasteiger partial charge in [-0.05, 0) is 24.7 Å². The predicted octanol–water partition coefficient (Wildman–Crippen LogP) is 2.09. The van der Waals surface area contributed by atoms with Crippen LogP contribution in [0.2, 0.25) is 0 Å². The molecule has 4 heteroatoms. The Kier molecular flexibility index (Phi) is 3.76. The minimum atomic E-state index is 0.284. The summed E-state index contributed by atoms with van der Waals surface area (Å²) in [6.45, 7) is 5.19. The number of nitrogens with one attached hydrogen (secondary N) is 2. The summed E-state index contributed by atoms with van der Waals surface area (Å²) in [5.74, 6) is 0. The lowest BCUT2D eigenvalue weighted by molar-refractivity contribution is 0.491. The lowest BCUT2D eigenvalue weighted by Crippen LogP contribution is -2.33. The highest BCUT2D eigenvalue weighted by Gasteiger charge is 2.11. The van der Waals surface area contributed by atoms with Crippen molar-refractivity contribution in [2.24, 2.45) is 0 Å². The van der Waals surface area contributed by atoms with Crippen molar-refractivity contribution in [3.05, 3.63) is 30.2 Å². The third-order valence-corrected chi connectivity index (χ3v) is 2.84. The quantitative estimate of drug-likeness (QED) is 0.830. The molecule has 4 nitrogen and oxygen atoms in total. The van der Waals surface area contributed by atoms with Gasteiger partial charge in [-0.1, -0.05) is 19.9 Å². The molecular weight excluding hydrogens is 214 g/mol. The molecule has 0 radical (unpaired) electrons. The Bertz CT molecular complexity index is 478. The molecule has 0 aliphatic heterocycles. The van der Waals surface area contributed by atoms with Gasteiger partial charge in [-0.15, -0.1) is 0 Å². The lowest BCUT2D eigenvalue weighted by atomic mass is 10.1. The van der Waals surface area contributed by atoms with E-state index in [9.17, 15) is 0 Å². The largest absolute Gasteiger partial charge is 0.443 e. The van der Waals surface area contributed by atoms with Crippen LogP contribution in [-0.4, -0.2) is 24.6 Å². The highest BCUT2D eigenvalue weighted by atomic mass is 16.3. The van der Waals surface area contributed by atoms with Gasteiger partial charge in [0.05, 0.1) is 0 Å². The molecule has 1 aromatic carbocycles. The summed E-state index contributed by atoms with van der Waals surface area (Å²) in [7, 11) is 1.97. The molecule has 2 N–H and O–H groups in total. The number of hydrogen-bond acceptors (Lipinski definition) is 4. The van der Waals surface area contributed by atoms with Crippen molar-refractivity contribution in [1.29, 1.82) is 0 Å². The predicted molar refractivity (Wildman–Crippen MR) is 68.9 cm³/mol. The number of aromatic nitrogens is 1. The first-order chi connectivity index (χ1) is 8.20. The number of oxazole rings is 1. The zero-order chi connectivity index (χ0) is 12.3. The second kappa shape index (κ2) is 5.29. The Morgan fingerprint density at radius 2 is 2.18 bits per heavy atom. The Labute approximate surface area is 101 Å². The summed E-state index contributed by atoms with van der Waals surface area (Å²) < 4.78 is 5.32. The van der Waals surface area contributed by atoms with E-state index in [1.807, 2.05) is 19.2 Å². The molecule has 1 atom stereocenters. The topological polar surface area (TPSA) is 50.1 Å². The minimum Gasteiger partial charge on any atom is -0.443 e. The summed E-state index contributed by atoms with van der Waals surface area (Å²) in [5.41, 5.74) is 2.96. The van der Waals surface area contributed by atoms with Crippen molar-refractivity contribution in [2.45, 2.75) is 25.9 Å². The van der Waals surface area contributed by atoms with Crippen molar-refractivity contribution in [3.63, 3.8) is 0 Å². The van der Waals surface area contributed by atoms with Crippen LogP contribution in [0.3, 0.4) is 0 Å². The molecule has 0 aliphatic rings. The van der Waals surface area contributed by atoms with Crippen molar-refractivity contribution in [3.8, 4) is 0 Å². The van der Waals surface area contributed by atoms with E-state index in [1.54, 1.807) is 0 Å². The van der Waals surface area contributed by atoms with Gasteiger partial charge in [-0.25, -0.2) is 4.98 Å². The fourth-order valence-electron chi connectivity index (χ4n) is 1.83. The van der Waals surface area contributed by atoms with Gasteiger partial charge in [0.15, 0.2) is 12.0 Å². The number of hydrogen-bond donors (Lipinski definition) is 2.